The summed E-state index contributed by atoms with van der Waals surface area (Å²) in [5.74, 6) is 2.24. The molecule has 0 saturated carbocycles. The number of benzene rings is 1. The summed E-state index contributed by atoms with van der Waals surface area (Å²) in [4.78, 5) is 21.6. The second-order valence-corrected chi connectivity index (χ2v) is 8.74. The van der Waals surface area contributed by atoms with Gasteiger partial charge in [-0.1, -0.05) is 45.0 Å². The summed E-state index contributed by atoms with van der Waals surface area (Å²) >= 11 is 0. The molecule has 1 amide bonds. The van der Waals surface area contributed by atoms with Crippen molar-refractivity contribution >= 4 is 5.91 Å². The third-order valence-electron chi connectivity index (χ3n) is 5.99. The van der Waals surface area contributed by atoms with E-state index in [-0.39, 0.29) is 11.8 Å². The van der Waals surface area contributed by atoms with Crippen LogP contribution in [0.1, 0.15) is 72.8 Å². The number of carbonyl (C=O) groups excluding carboxylic acids is 1. The number of likely N-dealkylation sites (tertiary alicyclic amines) is 1. The summed E-state index contributed by atoms with van der Waals surface area (Å²) in [6.07, 6.45) is 3.08. The van der Waals surface area contributed by atoms with Gasteiger partial charge in [0.15, 0.2) is 0 Å². The van der Waals surface area contributed by atoms with Crippen molar-refractivity contribution in [1.29, 1.82) is 0 Å². The van der Waals surface area contributed by atoms with E-state index in [0.29, 0.717) is 11.8 Å². The molecular weight excluding hydrogens is 350 g/mol. The summed E-state index contributed by atoms with van der Waals surface area (Å²) in [7, 11) is 0. The monoisotopic (exact) mass is 381 g/mol. The molecule has 1 fully saturated rings. The molecule has 2 aromatic rings. The first-order valence-electron chi connectivity index (χ1n) is 10.6. The number of oxazole rings is 1. The lowest BCUT2D eigenvalue weighted by Gasteiger charge is -2.29. The first-order valence-corrected chi connectivity index (χ1v) is 10.6. The second-order valence-electron chi connectivity index (χ2n) is 8.74. The van der Waals surface area contributed by atoms with Gasteiger partial charge in [-0.3, -0.25) is 9.69 Å². The van der Waals surface area contributed by atoms with Crippen molar-refractivity contribution in [3.63, 3.8) is 0 Å². The Hall–Kier alpha value is -2.14. The number of carbonyl (C=O) groups is 1. The number of piperidine rings is 1. The maximum Gasteiger partial charge on any atom is 0.309 e. The topological polar surface area (TPSA) is 49.6 Å². The maximum atomic E-state index is 12.8. The molecule has 1 atom stereocenters. The van der Waals surface area contributed by atoms with E-state index < -0.39 is 0 Å². The third-order valence-corrected chi connectivity index (χ3v) is 5.99. The van der Waals surface area contributed by atoms with Crippen molar-refractivity contribution in [2.75, 3.05) is 19.6 Å². The average Bonchev–Trinajstić information content (AvgIpc) is 3.11. The van der Waals surface area contributed by atoms with Crippen LogP contribution in [-0.4, -0.2) is 40.3 Å². The number of aromatic nitrogens is 1. The van der Waals surface area contributed by atoms with Gasteiger partial charge in [-0.15, -0.1) is 0 Å². The largest absolute Gasteiger partial charge is 0.437 e. The van der Waals surface area contributed by atoms with E-state index in [1.54, 1.807) is 0 Å². The molecule has 150 valence electrons. The number of hydrogen-bond acceptors (Lipinski definition) is 4. The Morgan fingerprint density at radius 3 is 2.75 bits per heavy atom. The van der Waals surface area contributed by atoms with E-state index in [1.165, 1.54) is 17.5 Å². The van der Waals surface area contributed by atoms with Gasteiger partial charge >= 0.3 is 5.91 Å². The van der Waals surface area contributed by atoms with Gasteiger partial charge in [0.05, 0.1) is 5.69 Å². The zero-order valence-electron chi connectivity index (χ0n) is 17.3. The number of rotatable bonds is 4. The minimum atomic E-state index is -0.0447. The number of fused-ring (bicyclic) bond motifs is 1. The van der Waals surface area contributed by atoms with Crippen molar-refractivity contribution in [3.05, 3.63) is 52.7 Å². The van der Waals surface area contributed by atoms with Crippen LogP contribution in [0, 0.1) is 5.92 Å². The van der Waals surface area contributed by atoms with Crippen LogP contribution in [0.5, 0.6) is 0 Å². The SMILES string of the molecule is CC(C)c1ccc(CN2CCc3oc(C(=O)N4CCC[C@H](C)C4)nc3C2)cc1. The van der Waals surface area contributed by atoms with Crippen LogP contribution >= 0.6 is 0 Å². The molecule has 1 saturated heterocycles. The highest BCUT2D eigenvalue weighted by Crippen LogP contribution is 2.24. The minimum absolute atomic E-state index is 0.0447. The van der Waals surface area contributed by atoms with Gasteiger partial charge in [-0.05, 0) is 35.8 Å². The Kier molecular flexibility index (Phi) is 5.54. The Labute approximate surface area is 167 Å². The molecule has 0 radical (unpaired) electrons. The second kappa shape index (κ2) is 8.08. The smallest absolute Gasteiger partial charge is 0.309 e. The lowest BCUT2D eigenvalue weighted by molar-refractivity contribution is 0.0640. The number of nitrogens with zero attached hydrogens (tertiary/aromatic N) is 3. The van der Waals surface area contributed by atoms with Crippen LogP contribution in [-0.2, 0) is 19.5 Å². The van der Waals surface area contributed by atoms with Gasteiger partial charge in [-0.25, -0.2) is 4.98 Å². The van der Waals surface area contributed by atoms with Gasteiger partial charge in [-0.2, -0.15) is 0 Å². The molecule has 4 rings (SSSR count). The van der Waals surface area contributed by atoms with E-state index in [4.69, 9.17) is 4.42 Å². The highest BCUT2D eigenvalue weighted by molar-refractivity contribution is 5.89. The summed E-state index contributed by atoms with van der Waals surface area (Å²) in [6, 6.07) is 8.89. The number of amides is 1. The molecule has 0 spiro atoms. The summed E-state index contributed by atoms with van der Waals surface area (Å²) in [5.41, 5.74) is 3.62. The minimum Gasteiger partial charge on any atom is -0.437 e. The van der Waals surface area contributed by atoms with Crippen LogP contribution in [0.3, 0.4) is 0 Å². The van der Waals surface area contributed by atoms with Crippen LogP contribution in [0.15, 0.2) is 28.7 Å². The van der Waals surface area contributed by atoms with E-state index in [9.17, 15) is 4.79 Å². The molecule has 0 aliphatic carbocycles. The number of hydrogen-bond donors (Lipinski definition) is 0. The highest BCUT2D eigenvalue weighted by Gasteiger charge is 2.29. The molecule has 5 nitrogen and oxygen atoms in total. The Morgan fingerprint density at radius 1 is 1.25 bits per heavy atom. The molecule has 5 heteroatoms. The summed E-state index contributed by atoms with van der Waals surface area (Å²) < 4.78 is 5.87. The van der Waals surface area contributed by atoms with Crippen molar-refractivity contribution < 1.29 is 9.21 Å². The fraction of sp³-hybridized carbons (Fsp3) is 0.565. The van der Waals surface area contributed by atoms with Crippen LogP contribution in [0.4, 0.5) is 0 Å². The molecule has 2 aliphatic heterocycles. The van der Waals surface area contributed by atoms with E-state index in [1.807, 2.05) is 4.90 Å². The molecule has 0 bridgehead atoms. The van der Waals surface area contributed by atoms with Gasteiger partial charge < -0.3 is 9.32 Å². The van der Waals surface area contributed by atoms with Crippen LogP contribution in [0.25, 0.3) is 0 Å². The van der Waals surface area contributed by atoms with Gasteiger partial charge in [0.1, 0.15) is 5.76 Å². The molecule has 2 aliphatic rings. The Balaban J connectivity index is 1.41. The summed E-state index contributed by atoms with van der Waals surface area (Å²) in [6.45, 7) is 10.8. The van der Waals surface area contributed by atoms with Crippen LogP contribution < -0.4 is 0 Å². The normalized spacial score (nSPS) is 20.4. The molecule has 1 aromatic carbocycles. The van der Waals surface area contributed by atoms with Gasteiger partial charge in [0.2, 0.25) is 0 Å². The summed E-state index contributed by atoms with van der Waals surface area (Å²) in [5, 5.41) is 0. The molecule has 28 heavy (non-hydrogen) atoms. The fourth-order valence-electron chi connectivity index (χ4n) is 4.25. The maximum absolute atomic E-state index is 12.8. The Bertz CT molecular complexity index is 825. The van der Waals surface area contributed by atoms with Crippen molar-refractivity contribution in [2.24, 2.45) is 5.92 Å². The van der Waals surface area contributed by atoms with Gasteiger partial charge in [0.25, 0.3) is 5.89 Å². The van der Waals surface area contributed by atoms with E-state index in [2.05, 4.69) is 54.9 Å². The third kappa shape index (κ3) is 4.14. The average molecular weight is 382 g/mol. The molecule has 0 unspecified atom stereocenters. The Morgan fingerprint density at radius 2 is 2.04 bits per heavy atom. The molecular formula is C23H31N3O2. The zero-order valence-corrected chi connectivity index (χ0v) is 17.3. The lowest BCUT2D eigenvalue weighted by atomic mass is 10.0. The van der Waals surface area contributed by atoms with Crippen molar-refractivity contribution in [3.8, 4) is 0 Å². The quantitative estimate of drug-likeness (QED) is 0.795. The van der Waals surface area contributed by atoms with E-state index >= 15 is 0 Å². The molecule has 0 N–H and O–H groups in total. The first-order chi connectivity index (χ1) is 13.5. The predicted octanol–water partition coefficient (Wildman–Crippen LogP) is 4.23. The van der Waals surface area contributed by atoms with Gasteiger partial charge in [0, 0.05) is 39.1 Å². The standard InChI is InChI=1S/C23H31N3O2/c1-16(2)19-8-6-18(7-9-19)14-25-12-10-21-20(15-25)24-22(28-21)23(27)26-11-4-5-17(3)13-26/h6-9,16-17H,4-5,10-15H2,1-3H3/t17-/m0/s1. The zero-order chi connectivity index (χ0) is 19.7. The molecule has 1 aromatic heterocycles. The molecule has 3 heterocycles. The fourth-order valence-corrected chi connectivity index (χ4v) is 4.25. The first kappa shape index (κ1) is 19.2. The van der Waals surface area contributed by atoms with Crippen LogP contribution in [0.2, 0.25) is 0 Å². The van der Waals surface area contributed by atoms with Crippen molar-refractivity contribution in [2.45, 2.75) is 59.0 Å². The predicted molar refractivity (Wildman–Crippen MR) is 109 cm³/mol. The van der Waals surface area contributed by atoms with E-state index in [0.717, 1.165) is 57.0 Å². The van der Waals surface area contributed by atoms with Crippen molar-refractivity contribution in [1.82, 2.24) is 14.8 Å². The highest BCUT2D eigenvalue weighted by atomic mass is 16.4. The lowest BCUT2D eigenvalue weighted by Crippen LogP contribution is -2.39.